The molecule has 0 saturated heterocycles. The van der Waals surface area contributed by atoms with E-state index in [1.807, 2.05) is 18.2 Å². The standard InChI is InChI=1S/C27H46O2/c1-4-7-9-11-12-14-17-23-25(22-16-13-10-8-5-2)27(28)29-26(6-3)24-20-18-15-19-21-24/h15,18-21,25-26H,4-14,16-17,22-23H2,1-3H3. The quantitative estimate of drug-likeness (QED) is 0.181. The van der Waals surface area contributed by atoms with E-state index in [0.29, 0.717) is 0 Å². The van der Waals surface area contributed by atoms with Crippen LogP contribution in [0.25, 0.3) is 0 Å². The lowest BCUT2D eigenvalue weighted by Crippen LogP contribution is -2.20. The van der Waals surface area contributed by atoms with E-state index in [4.69, 9.17) is 4.74 Å². The van der Waals surface area contributed by atoms with Crippen molar-refractivity contribution in [2.75, 3.05) is 0 Å². The van der Waals surface area contributed by atoms with Gasteiger partial charge < -0.3 is 4.74 Å². The molecule has 166 valence electrons. The maximum Gasteiger partial charge on any atom is 0.309 e. The Balaban J connectivity index is 2.50. The van der Waals surface area contributed by atoms with Crippen molar-refractivity contribution in [1.82, 2.24) is 0 Å². The number of carbonyl (C=O) groups excluding carboxylic acids is 1. The zero-order valence-corrected chi connectivity index (χ0v) is 19.5. The van der Waals surface area contributed by atoms with Crippen LogP contribution in [0, 0.1) is 5.92 Å². The van der Waals surface area contributed by atoms with E-state index in [-0.39, 0.29) is 18.0 Å². The van der Waals surface area contributed by atoms with E-state index in [2.05, 4.69) is 32.9 Å². The molecule has 0 saturated carbocycles. The predicted octanol–water partition coefficient (Wildman–Crippen LogP) is 8.80. The zero-order chi connectivity index (χ0) is 21.2. The summed E-state index contributed by atoms with van der Waals surface area (Å²) in [4.78, 5) is 13.0. The van der Waals surface area contributed by atoms with E-state index >= 15 is 0 Å². The summed E-state index contributed by atoms with van der Waals surface area (Å²) in [6, 6.07) is 10.2. The number of ether oxygens (including phenoxy) is 1. The summed E-state index contributed by atoms with van der Waals surface area (Å²) in [5.41, 5.74) is 1.11. The first-order valence-electron chi connectivity index (χ1n) is 12.5. The average molecular weight is 403 g/mol. The van der Waals surface area contributed by atoms with Gasteiger partial charge in [0.15, 0.2) is 0 Å². The van der Waals surface area contributed by atoms with Crippen molar-refractivity contribution in [3.8, 4) is 0 Å². The van der Waals surface area contributed by atoms with Crippen LogP contribution in [-0.4, -0.2) is 5.97 Å². The number of hydrogen-bond donors (Lipinski definition) is 0. The van der Waals surface area contributed by atoms with Crippen molar-refractivity contribution < 1.29 is 9.53 Å². The fraction of sp³-hybridized carbons (Fsp3) is 0.741. The molecule has 1 aromatic carbocycles. The van der Waals surface area contributed by atoms with Crippen LogP contribution in [0.3, 0.4) is 0 Å². The lowest BCUT2D eigenvalue weighted by molar-refractivity contribution is -0.155. The van der Waals surface area contributed by atoms with E-state index in [9.17, 15) is 4.79 Å². The highest BCUT2D eigenvalue weighted by molar-refractivity contribution is 5.72. The third kappa shape index (κ3) is 12.1. The first-order valence-corrected chi connectivity index (χ1v) is 12.5. The van der Waals surface area contributed by atoms with Crippen molar-refractivity contribution in [3.63, 3.8) is 0 Å². The van der Waals surface area contributed by atoms with Crippen LogP contribution < -0.4 is 0 Å². The van der Waals surface area contributed by atoms with Gasteiger partial charge in [0.05, 0.1) is 5.92 Å². The van der Waals surface area contributed by atoms with Crippen LogP contribution in [0.5, 0.6) is 0 Å². The van der Waals surface area contributed by atoms with Crippen LogP contribution in [0.4, 0.5) is 0 Å². The van der Waals surface area contributed by atoms with Gasteiger partial charge in [0.25, 0.3) is 0 Å². The van der Waals surface area contributed by atoms with Crippen molar-refractivity contribution in [2.45, 2.75) is 123 Å². The minimum Gasteiger partial charge on any atom is -0.457 e. The molecule has 0 aliphatic carbocycles. The van der Waals surface area contributed by atoms with Crippen LogP contribution in [0.1, 0.15) is 129 Å². The van der Waals surface area contributed by atoms with Gasteiger partial charge in [0.2, 0.25) is 0 Å². The topological polar surface area (TPSA) is 26.3 Å². The van der Waals surface area contributed by atoms with Gasteiger partial charge in [-0.05, 0) is 24.8 Å². The van der Waals surface area contributed by atoms with Crippen LogP contribution in [0.2, 0.25) is 0 Å². The molecule has 0 spiro atoms. The Bertz CT molecular complexity index is 497. The van der Waals surface area contributed by atoms with Crippen LogP contribution in [-0.2, 0) is 9.53 Å². The Morgan fingerprint density at radius 3 is 1.69 bits per heavy atom. The largest absolute Gasteiger partial charge is 0.457 e. The zero-order valence-electron chi connectivity index (χ0n) is 19.5. The number of carbonyl (C=O) groups is 1. The summed E-state index contributed by atoms with van der Waals surface area (Å²) in [5, 5.41) is 0. The molecule has 1 aromatic rings. The second-order valence-corrected chi connectivity index (χ2v) is 8.55. The Labute approximate surface area is 180 Å². The molecule has 0 amide bonds. The number of hydrogen-bond acceptors (Lipinski definition) is 2. The van der Waals surface area contributed by atoms with Crippen molar-refractivity contribution >= 4 is 5.97 Å². The van der Waals surface area contributed by atoms with Gasteiger partial charge in [-0.2, -0.15) is 0 Å². The first-order chi connectivity index (χ1) is 14.2. The minimum atomic E-state index is -0.111. The molecule has 0 aliphatic heterocycles. The molecule has 0 bridgehead atoms. The molecule has 0 heterocycles. The third-order valence-corrected chi connectivity index (χ3v) is 5.95. The smallest absolute Gasteiger partial charge is 0.309 e. The molecule has 2 nitrogen and oxygen atoms in total. The summed E-state index contributed by atoms with van der Waals surface area (Å²) < 4.78 is 6.00. The molecule has 1 rings (SSSR count). The fourth-order valence-corrected chi connectivity index (χ4v) is 4.01. The Morgan fingerprint density at radius 1 is 0.724 bits per heavy atom. The monoisotopic (exact) mass is 402 g/mol. The molecule has 0 N–H and O–H groups in total. The predicted molar refractivity (Wildman–Crippen MR) is 125 cm³/mol. The highest BCUT2D eigenvalue weighted by atomic mass is 16.5. The van der Waals surface area contributed by atoms with Gasteiger partial charge >= 0.3 is 5.97 Å². The maximum absolute atomic E-state index is 13.0. The number of benzene rings is 1. The van der Waals surface area contributed by atoms with Gasteiger partial charge in [-0.15, -0.1) is 0 Å². The molecule has 2 unspecified atom stereocenters. The fourth-order valence-electron chi connectivity index (χ4n) is 4.01. The molecular formula is C27H46O2. The molecular weight excluding hydrogens is 356 g/mol. The van der Waals surface area contributed by atoms with Crippen LogP contribution >= 0.6 is 0 Å². The average Bonchev–Trinajstić information content (AvgIpc) is 2.75. The van der Waals surface area contributed by atoms with Gasteiger partial charge in [-0.1, -0.05) is 128 Å². The Morgan fingerprint density at radius 2 is 1.21 bits per heavy atom. The van der Waals surface area contributed by atoms with E-state index in [0.717, 1.165) is 37.7 Å². The third-order valence-electron chi connectivity index (χ3n) is 5.95. The molecule has 29 heavy (non-hydrogen) atoms. The van der Waals surface area contributed by atoms with Crippen molar-refractivity contribution in [3.05, 3.63) is 35.9 Å². The van der Waals surface area contributed by atoms with Crippen LogP contribution in [0.15, 0.2) is 30.3 Å². The summed E-state index contributed by atoms with van der Waals surface area (Å²) in [7, 11) is 0. The van der Waals surface area contributed by atoms with E-state index < -0.39 is 0 Å². The SMILES string of the molecule is CCCCCCCCCC(CCCCCCC)C(=O)OC(CC)c1ccccc1. The van der Waals surface area contributed by atoms with Gasteiger partial charge in [-0.25, -0.2) is 0 Å². The van der Waals surface area contributed by atoms with Gasteiger partial charge in [0, 0.05) is 0 Å². The number of unbranched alkanes of at least 4 members (excludes halogenated alkanes) is 10. The molecule has 0 aromatic heterocycles. The Hall–Kier alpha value is -1.31. The van der Waals surface area contributed by atoms with Gasteiger partial charge in [-0.3, -0.25) is 4.79 Å². The van der Waals surface area contributed by atoms with Gasteiger partial charge in [0.1, 0.15) is 6.10 Å². The summed E-state index contributed by atoms with van der Waals surface area (Å²) in [6.07, 6.45) is 18.0. The van der Waals surface area contributed by atoms with E-state index in [1.165, 1.54) is 64.2 Å². The lowest BCUT2D eigenvalue weighted by Gasteiger charge is -2.21. The maximum atomic E-state index is 13.0. The summed E-state index contributed by atoms with van der Waals surface area (Å²) in [6.45, 7) is 6.60. The minimum absolute atomic E-state index is 0.0298. The number of rotatable bonds is 18. The second kappa shape index (κ2) is 17.5. The molecule has 0 radical (unpaired) electrons. The molecule has 2 heteroatoms. The molecule has 0 aliphatic rings. The highest BCUT2D eigenvalue weighted by Gasteiger charge is 2.23. The van der Waals surface area contributed by atoms with Crippen molar-refractivity contribution in [2.24, 2.45) is 5.92 Å². The second-order valence-electron chi connectivity index (χ2n) is 8.55. The first kappa shape index (κ1) is 25.7. The Kier molecular flexibility index (Phi) is 15.6. The molecule has 0 fully saturated rings. The lowest BCUT2D eigenvalue weighted by atomic mass is 9.94. The number of esters is 1. The normalized spacial score (nSPS) is 13.2. The molecule has 2 atom stereocenters. The summed E-state index contributed by atoms with van der Waals surface area (Å²) >= 11 is 0. The van der Waals surface area contributed by atoms with Crippen molar-refractivity contribution in [1.29, 1.82) is 0 Å². The van der Waals surface area contributed by atoms with E-state index in [1.54, 1.807) is 0 Å². The summed E-state index contributed by atoms with van der Waals surface area (Å²) in [5.74, 6) is 0.104. The highest BCUT2D eigenvalue weighted by Crippen LogP contribution is 2.26.